The van der Waals surface area contributed by atoms with Crippen molar-refractivity contribution < 1.29 is 9.72 Å². The Morgan fingerprint density at radius 3 is 2.52 bits per heavy atom. The number of amides is 1. The van der Waals surface area contributed by atoms with Gasteiger partial charge >= 0.3 is 0 Å². The highest BCUT2D eigenvalue weighted by atomic mass is 79.9. The minimum atomic E-state index is -0.574. The Kier molecular flexibility index (Phi) is 4.51. The molecule has 8 heteroatoms. The number of rotatable bonds is 4. The quantitative estimate of drug-likeness (QED) is 0.446. The molecule has 2 rings (SSSR count). The van der Waals surface area contributed by atoms with Crippen LogP contribution in [0.2, 0.25) is 0 Å². The van der Waals surface area contributed by atoms with Crippen LogP contribution >= 0.6 is 15.9 Å². The fraction of sp³-hybridized carbons (Fsp3) is 0. The number of nitrogens with zero attached hydrogens (tertiary/aromatic N) is 1. The zero-order valence-electron chi connectivity index (χ0n) is 10.7. The molecule has 0 aliphatic rings. The molecule has 7 nitrogen and oxygen atoms in total. The van der Waals surface area contributed by atoms with Gasteiger partial charge in [0.1, 0.15) is 0 Å². The summed E-state index contributed by atoms with van der Waals surface area (Å²) >= 11 is 3.31. The third-order valence-corrected chi connectivity index (χ3v) is 3.43. The summed E-state index contributed by atoms with van der Waals surface area (Å²) in [5, 5.41) is 13.5. The van der Waals surface area contributed by atoms with Crippen molar-refractivity contribution in [3.05, 3.63) is 62.6 Å². The molecular weight excluding hydrogens is 340 g/mol. The first-order valence-corrected chi connectivity index (χ1v) is 6.63. The Labute approximate surface area is 128 Å². The van der Waals surface area contributed by atoms with Gasteiger partial charge in [-0.15, -0.1) is 0 Å². The number of para-hydroxylation sites is 1. The molecule has 0 saturated carbocycles. The van der Waals surface area contributed by atoms with E-state index in [1.165, 1.54) is 18.2 Å². The van der Waals surface area contributed by atoms with Crippen LogP contribution in [0.5, 0.6) is 0 Å². The molecule has 1 amide bonds. The zero-order valence-corrected chi connectivity index (χ0v) is 12.3. The number of nitrogens with two attached hydrogens (primary N) is 1. The first-order chi connectivity index (χ1) is 10.0. The minimum absolute atomic E-state index is 0.0856. The molecule has 0 aromatic heterocycles. The number of anilines is 2. The summed E-state index contributed by atoms with van der Waals surface area (Å²) in [6, 6.07) is 10.9. The number of non-ortho nitro benzene ring substituents is 1. The average molecular weight is 351 g/mol. The summed E-state index contributed by atoms with van der Waals surface area (Å²) in [5.74, 6) is 4.83. The van der Waals surface area contributed by atoms with E-state index in [4.69, 9.17) is 5.84 Å². The van der Waals surface area contributed by atoms with Gasteiger partial charge in [-0.05, 0) is 34.1 Å². The number of halogens is 1. The third kappa shape index (κ3) is 3.36. The van der Waals surface area contributed by atoms with Crippen LogP contribution in [0.3, 0.4) is 0 Å². The Morgan fingerprint density at radius 1 is 1.19 bits per heavy atom. The highest BCUT2D eigenvalue weighted by Gasteiger charge is 2.17. The van der Waals surface area contributed by atoms with Gasteiger partial charge in [-0.1, -0.05) is 12.1 Å². The molecule has 0 heterocycles. The Morgan fingerprint density at radius 2 is 1.90 bits per heavy atom. The molecule has 0 aliphatic carbocycles. The van der Waals surface area contributed by atoms with E-state index in [2.05, 4.69) is 26.7 Å². The lowest BCUT2D eigenvalue weighted by Crippen LogP contribution is -2.17. The van der Waals surface area contributed by atoms with Crippen molar-refractivity contribution in [1.29, 1.82) is 0 Å². The largest absolute Gasteiger partial charge is 0.323 e. The fourth-order valence-electron chi connectivity index (χ4n) is 1.71. The van der Waals surface area contributed by atoms with Crippen molar-refractivity contribution in [2.75, 3.05) is 10.7 Å². The SMILES string of the molecule is NNc1ccc([N+](=O)[O-])cc1C(=O)Nc1ccccc1Br. The standard InChI is InChI=1S/C13H11BrN4O3/c14-10-3-1-2-4-12(10)16-13(19)9-7-8(18(20)21)5-6-11(9)17-15/h1-7,17H,15H2,(H,16,19). The van der Waals surface area contributed by atoms with Crippen LogP contribution in [0.15, 0.2) is 46.9 Å². The number of hydrogen-bond acceptors (Lipinski definition) is 5. The van der Waals surface area contributed by atoms with Gasteiger partial charge in [0.05, 0.1) is 21.9 Å². The monoisotopic (exact) mass is 350 g/mol. The number of nitrogen functional groups attached to an aromatic ring is 1. The van der Waals surface area contributed by atoms with Crippen molar-refractivity contribution in [3.63, 3.8) is 0 Å². The normalized spacial score (nSPS) is 10.0. The number of hydrogen-bond donors (Lipinski definition) is 3. The highest BCUT2D eigenvalue weighted by Crippen LogP contribution is 2.25. The van der Waals surface area contributed by atoms with E-state index in [1.807, 2.05) is 0 Å². The molecule has 0 unspecified atom stereocenters. The second-order valence-electron chi connectivity index (χ2n) is 4.07. The van der Waals surface area contributed by atoms with E-state index < -0.39 is 10.8 Å². The Bertz CT molecular complexity index is 706. The number of carbonyl (C=O) groups is 1. The lowest BCUT2D eigenvalue weighted by Gasteiger charge is -2.10. The number of hydrazine groups is 1. The smallest absolute Gasteiger partial charge is 0.270 e. The fourth-order valence-corrected chi connectivity index (χ4v) is 2.10. The average Bonchev–Trinajstić information content (AvgIpc) is 2.48. The van der Waals surface area contributed by atoms with Crippen LogP contribution in [0, 0.1) is 10.1 Å². The molecule has 108 valence electrons. The third-order valence-electron chi connectivity index (χ3n) is 2.74. The van der Waals surface area contributed by atoms with E-state index in [-0.39, 0.29) is 11.3 Å². The lowest BCUT2D eigenvalue weighted by atomic mass is 10.1. The second kappa shape index (κ2) is 6.33. The molecule has 4 N–H and O–H groups in total. The molecule has 0 fully saturated rings. The number of nitrogens with one attached hydrogen (secondary N) is 2. The van der Waals surface area contributed by atoms with E-state index in [9.17, 15) is 14.9 Å². The molecule has 2 aromatic rings. The van der Waals surface area contributed by atoms with Gasteiger partial charge in [0.25, 0.3) is 11.6 Å². The van der Waals surface area contributed by atoms with Crippen molar-refractivity contribution in [1.82, 2.24) is 0 Å². The molecule has 0 radical (unpaired) electrons. The molecule has 21 heavy (non-hydrogen) atoms. The summed E-state index contributed by atoms with van der Waals surface area (Å²) in [4.78, 5) is 22.5. The van der Waals surface area contributed by atoms with Crippen LogP contribution in [0.25, 0.3) is 0 Å². The van der Waals surface area contributed by atoms with Crippen LogP contribution in [-0.2, 0) is 0 Å². The zero-order chi connectivity index (χ0) is 15.4. The topological polar surface area (TPSA) is 110 Å². The van der Waals surface area contributed by atoms with Crippen molar-refractivity contribution in [2.24, 2.45) is 5.84 Å². The van der Waals surface area contributed by atoms with Gasteiger partial charge in [0.2, 0.25) is 0 Å². The maximum absolute atomic E-state index is 12.3. The summed E-state index contributed by atoms with van der Waals surface area (Å²) in [5.41, 5.74) is 3.09. The van der Waals surface area contributed by atoms with E-state index >= 15 is 0 Å². The van der Waals surface area contributed by atoms with E-state index in [1.54, 1.807) is 24.3 Å². The van der Waals surface area contributed by atoms with Crippen molar-refractivity contribution >= 4 is 38.9 Å². The Hall–Kier alpha value is -2.45. The molecule has 0 spiro atoms. The minimum Gasteiger partial charge on any atom is -0.323 e. The molecule has 2 aromatic carbocycles. The first-order valence-electron chi connectivity index (χ1n) is 5.84. The number of nitro benzene ring substituents is 1. The van der Waals surface area contributed by atoms with Crippen LogP contribution in [-0.4, -0.2) is 10.8 Å². The summed E-state index contributed by atoms with van der Waals surface area (Å²) in [6.07, 6.45) is 0. The van der Waals surface area contributed by atoms with Crippen molar-refractivity contribution in [2.45, 2.75) is 0 Å². The number of benzene rings is 2. The van der Waals surface area contributed by atoms with Crippen LogP contribution < -0.4 is 16.6 Å². The van der Waals surface area contributed by atoms with E-state index in [0.717, 1.165) is 0 Å². The van der Waals surface area contributed by atoms with Crippen LogP contribution in [0.4, 0.5) is 17.1 Å². The predicted molar refractivity (Wildman–Crippen MR) is 83.0 cm³/mol. The van der Waals surface area contributed by atoms with Gasteiger partial charge in [0, 0.05) is 16.6 Å². The second-order valence-corrected chi connectivity index (χ2v) is 4.92. The Balaban J connectivity index is 2.36. The highest BCUT2D eigenvalue weighted by molar-refractivity contribution is 9.10. The van der Waals surface area contributed by atoms with Crippen molar-refractivity contribution in [3.8, 4) is 0 Å². The van der Waals surface area contributed by atoms with Gasteiger partial charge < -0.3 is 10.7 Å². The van der Waals surface area contributed by atoms with Crippen LogP contribution in [0.1, 0.15) is 10.4 Å². The first kappa shape index (κ1) is 14.9. The lowest BCUT2D eigenvalue weighted by molar-refractivity contribution is -0.384. The maximum Gasteiger partial charge on any atom is 0.270 e. The van der Waals surface area contributed by atoms with Gasteiger partial charge in [-0.3, -0.25) is 20.8 Å². The summed E-state index contributed by atoms with van der Waals surface area (Å²) < 4.78 is 0.700. The van der Waals surface area contributed by atoms with Gasteiger partial charge in [-0.25, -0.2) is 0 Å². The van der Waals surface area contributed by atoms with Gasteiger partial charge in [-0.2, -0.15) is 0 Å². The number of nitro groups is 1. The predicted octanol–water partition coefficient (Wildman–Crippen LogP) is 2.90. The summed E-state index contributed by atoms with van der Waals surface area (Å²) in [7, 11) is 0. The molecule has 0 aliphatic heterocycles. The van der Waals surface area contributed by atoms with Gasteiger partial charge in [0.15, 0.2) is 0 Å². The molecular formula is C13H11BrN4O3. The summed E-state index contributed by atoms with van der Waals surface area (Å²) in [6.45, 7) is 0. The number of carbonyl (C=O) groups excluding carboxylic acids is 1. The van der Waals surface area contributed by atoms with E-state index in [0.29, 0.717) is 15.8 Å². The molecule has 0 saturated heterocycles. The molecule has 0 atom stereocenters. The maximum atomic E-state index is 12.3. The molecule has 0 bridgehead atoms.